The van der Waals surface area contributed by atoms with Crippen molar-refractivity contribution >= 4 is 5.69 Å². The number of nitrogens with zero attached hydrogens (tertiary/aromatic N) is 4. The van der Waals surface area contributed by atoms with Crippen LogP contribution in [0.4, 0.5) is 10.1 Å². The van der Waals surface area contributed by atoms with E-state index in [4.69, 9.17) is 0 Å². The van der Waals surface area contributed by atoms with Crippen molar-refractivity contribution in [2.75, 3.05) is 37.6 Å². The highest BCUT2D eigenvalue weighted by Gasteiger charge is 2.47. The van der Waals surface area contributed by atoms with E-state index in [1.165, 1.54) is 58.1 Å². The predicted octanol–water partition coefficient (Wildman–Crippen LogP) is 3.68. The van der Waals surface area contributed by atoms with Crippen LogP contribution in [0.15, 0.2) is 24.5 Å². The summed E-state index contributed by atoms with van der Waals surface area (Å²) in [6.07, 6.45) is 10.9. The van der Waals surface area contributed by atoms with Crippen LogP contribution in [0.25, 0.3) is 11.4 Å². The number of aromatic nitrogens is 3. The topological polar surface area (TPSA) is 60.1 Å². The highest BCUT2D eigenvalue weighted by atomic mass is 19.1. The van der Waals surface area contributed by atoms with Crippen molar-refractivity contribution in [2.24, 2.45) is 17.8 Å². The van der Waals surface area contributed by atoms with E-state index < -0.39 is 0 Å². The number of hydrogen-bond acceptors (Lipinski definition) is 5. The Balaban J connectivity index is 1.07. The van der Waals surface area contributed by atoms with Crippen LogP contribution in [0.3, 0.4) is 0 Å². The molecular weight excluding hydrogens is 403 g/mol. The number of hydrogen-bond donors (Lipinski definition) is 2. The number of halogens is 1. The first-order valence-corrected chi connectivity index (χ1v) is 12.6. The van der Waals surface area contributed by atoms with Gasteiger partial charge in [-0.15, -0.1) is 0 Å². The Bertz CT molecular complexity index is 903. The lowest BCUT2D eigenvalue weighted by molar-refractivity contribution is 0.167. The van der Waals surface area contributed by atoms with Crippen LogP contribution in [0, 0.1) is 23.6 Å². The van der Waals surface area contributed by atoms with Gasteiger partial charge in [0.1, 0.15) is 12.1 Å². The monoisotopic (exact) mass is 438 g/mol. The molecule has 1 aromatic carbocycles. The second-order valence-electron chi connectivity index (χ2n) is 10.4. The number of anilines is 1. The molecule has 1 aliphatic carbocycles. The van der Waals surface area contributed by atoms with Gasteiger partial charge in [-0.1, -0.05) is 19.3 Å². The quantitative estimate of drug-likeness (QED) is 0.763. The number of benzene rings is 1. The Labute approximate surface area is 190 Å². The summed E-state index contributed by atoms with van der Waals surface area (Å²) in [5.41, 5.74) is 1.46. The molecule has 3 unspecified atom stereocenters. The number of fused-ring (bicyclic) bond motifs is 1. The Morgan fingerprint density at radius 2 is 1.81 bits per heavy atom. The van der Waals surface area contributed by atoms with Crippen molar-refractivity contribution in [3.8, 4) is 11.4 Å². The smallest absolute Gasteiger partial charge is 0.155 e. The molecule has 0 bridgehead atoms. The minimum absolute atomic E-state index is 0.171. The summed E-state index contributed by atoms with van der Waals surface area (Å²) in [7, 11) is 0. The standard InChI is InChI=1S/C25H35FN6/c26-22-12-18(25-28-16-29-30-25)6-7-23(22)31-10-8-17(9-11-31)24-21-15-32(14-19(21)13-27-24)20-4-2-1-3-5-20/h6-7,12,16-17,19-21,24,27H,1-5,8-11,13-15H2,(H,28,29,30). The fraction of sp³-hybridized carbons (Fsp3) is 0.680. The number of piperidine rings is 1. The van der Waals surface area contributed by atoms with E-state index in [1.54, 1.807) is 6.07 Å². The van der Waals surface area contributed by atoms with Crippen molar-refractivity contribution in [3.63, 3.8) is 0 Å². The van der Waals surface area contributed by atoms with Gasteiger partial charge in [-0.2, -0.15) is 5.10 Å². The molecule has 32 heavy (non-hydrogen) atoms. The molecule has 0 amide bonds. The Morgan fingerprint density at radius 3 is 2.56 bits per heavy atom. The molecule has 0 spiro atoms. The first kappa shape index (κ1) is 20.6. The van der Waals surface area contributed by atoms with Crippen molar-refractivity contribution in [3.05, 3.63) is 30.3 Å². The van der Waals surface area contributed by atoms with Crippen LogP contribution in [0.5, 0.6) is 0 Å². The lowest BCUT2D eigenvalue weighted by Gasteiger charge is -2.38. The van der Waals surface area contributed by atoms with Crippen molar-refractivity contribution in [1.29, 1.82) is 0 Å². The molecule has 0 radical (unpaired) electrons. The number of rotatable bonds is 4. The molecule has 7 heteroatoms. The average Bonchev–Trinajstić information content (AvgIpc) is 3.58. The zero-order chi connectivity index (χ0) is 21.5. The van der Waals surface area contributed by atoms with Gasteiger partial charge in [0.15, 0.2) is 5.82 Å². The summed E-state index contributed by atoms with van der Waals surface area (Å²) < 4.78 is 14.9. The normalized spacial score (nSPS) is 30.2. The number of H-pyrrole nitrogens is 1. The SMILES string of the molecule is Fc1cc(-c2ncn[nH]2)ccc1N1CCC(C2NCC3CN(C4CCCCC4)CC32)CC1. The van der Waals surface area contributed by atoms with E-state index in [0.717, 1.165) is 49.4 Å². The Morgan fingerprint density at radius 1 is 0.969 bits per heavy atom. The van der Waals surface area contributed by atoms with Crippen LogP contribution in [-0.2, 0) is 0 Å². The van der Waals surface area contributed by atoms with Gasteiger partial charge in [0, 0.05) is 43.8 Å². The molecule has 2 N–H and O–H groups in total. The summed E-state index contributed by atoms with van der Waals surface area (Å²) in [6.45, 7) is 5.66. The largest absolute Gasteiger partial charge is 0.369 e. The average molecular weight is 439 g/mol. The highest BCUT2D eigenvalue weighted by Crippen LogP contribution is 2.40. The second kappa shape index (κ2) is 8.75. The van der Waals surface area contributed by atoms with E-state index >= 15 is 0 Å². The highest BCUT2D eigenvalue weighted by molar-refractivity contribution is 5.61. The van der Waals surface area contributed by atoms with Crippen molar-refractivity contribution in [2.45, 2.75) is 57.0 Å². The molecule has 4 fully saturated rings. The van der Waals surface area contributed by atoms with Gasteiger partial charge in [0.25, 0.3) is 0 Å². The number of likely N-dealkylation sites (tertiary alicyclic amines) is 1. The first-order chi connectivity index (χ1) is 15.8. The second-order valence-corrected chi connectivity index (χ2v) is 10.4. The third-order valence-corrected chi connectivity index (χ3v) is 8.71. The predicted molar refractivity (Wildman–Crippen MR) is 124 cm³/mol. The molecule has 1 aromatic heterocycles. The van der Waals surface area contributed by atoms with Gasteiger partial charge in [-0.05, 0) is 68.2 Å². The van der Waals surface area contributed by atoms with Crippen LogP contribution in [0.2, 0.25) is 0 Å². The molecule has 6 nitrogen and oxygen atoms in total. The van der Waals surface area contributed by atoms with E-state index in [1.807, 2.05) is 12.1 Å². The molecule has 2 aromatic rings. The van der Waals surface area contributed by atoms with E-state index in [-0.39, 0.29) is 5.82 Å². The summed E-state index contributed by atoms with van der Waals surface area (Å²) in [6, 6.07) is 6.90. The molecule has 172 valence electrons. The maximum absolute atomic E-state index is 14.9. The summed E-state index contributed by atoms with van der Waals surface area (Å²) >= 11 is 0. The summed E-state index contributed by atoms with van der Waals surface area (Å²) in [4.78, 5) is 9.19. The third kappa shape index (κ3) is 3.83. The molecule has 1 saturated carbocycles. The fourth-order valence-electron chi connectivity index (χ4n) is 7.01. The molecule has 4 heterocycles. The van der Waals surface area contributed by atoms with Gasteiger partial charge in [0.2, 0.25) is 0 Å². The molecular formula is C25H35FN6. The van der Waals surface area contributed by atoms with Crippen molar-refractivity contribution in [1.82, 2.24) is 25.4 Å². The zero-order valence-corrected chi connectivity index (χ0v) is 18.8. The van der Waals surface area contributed by atoms with Crippen LogP contribution >= 0.6 is 0 Å². The zero-order valence-electron chi connectivity index (χ0n) is 18.8. The molecule has 3 aliphatic heterocycles. The summed E-state index contributed by atoms with van der Waals surface area (Å²) in [5.74, 6) is 2.79. The lowest BCUT2D eigenvalue weighted by atomic mass is 9.81. The van der Waals surface area contributed by atoms with Crippen molar-refractivity contribution < 1.29 is 4.39 Å². The van der Waals surface area contributed by atoms with Gasteiger partial charge in [-0.25, -0.2) is 9.37 Å². The van der Waals surface area contributed by atoms with Crippen LogP contribution in [-0.4, -0.2) is 64.9 Å². The molecule has 4 aliphatic rings. The minimum Gasteiger partial charge on any atom is -0.369 e. The van der Waals surface area contributed by atoms with Crippen LogP contribution in [0.1, 0.15) is 44.9 Å². The van der Waals surface area contributed by atoms with Gasteiger partial charge in [0.05, 0.1) is 5.69 Å². The van der Waals surface area contributed by atoms with E-state index in [9.17, 15) is 4.39 Å². The maximum Gasteiger partial charge on any atom is 0.155 e. The van der Waals surface area contributed by atoms with Crippen LogP contribution < -0.4 is 10.2 Å². The van der Waals surface area contributed by atoms with Gasteiger partial charge < -0.3 is 10.2 Å². The minimum atomic E-state index is -0.171. The molecule has 3 saturated heterocycles. The Hall–Kier alpha value is -1.99. The first-order valence-electron chi connectivity index (χ1n) is 12.6. The van der Waals surface area contributed by atoms with E-state index in [0.29, 0.717) is 23.5 Å². The lowest BCUT2D eigenvalue weighted by Crippen LogP contribution is -2.45. The summed E-state index contributed by atoms with van der Waals surface area (Å²) in [5, 5.41) is 10.6. The fourth-order valence-corrected chi connectivity index (χ4v) is 7.01. The third-order valence-electron chi connectivity index (χ3n) is 8.71. The van der Waals surface area contributed by atoms with Gasteiger partial charge in [-0.3, -0.25) is 10.00 Å². The van der Waals surface area contributed by atoms with Gasteiger partial charge >= 0.3 is 0 Å². The Kier molecular flexibility index (Phi) is 5.63. The number of aromatic amines is 1. The molecule has 6 rings (SSSR count). The maximum atomic E-state index is 14.9. The van der Waals surface area contributed by atoms with E-state index in [2.05, 4.69) is 30.3 Å². The molecule has 3 atom stereocenters. The number of nitrogens with one attached hydrogen (secondary N) is 2.